The molecule has 0 aliphatic carbocycles. The fraction of sp³-hybridized carbons (Fsp3) is 0.348. The Hall–Kier alpha value is -7.20. The van der Waals surface area contributed by atoms with Gasteiger partial charge in [-0.1, -0.05) is 49.1 Å². The van der Waals surface area contributed by atoms with Gasteiger partial charge in [-0.05, 0) is 74.7 Å². The molecule has 4 bridgehead atoms. The number of amides is 5. The molecule has 4 atom stereocenters. The molecule has 18 nitrogen and oxygen atoms in total. The molecular weight excluding hydrogens is 819 g/mol. The number of carbonyl (C=O) groups excluding carboxylic acids is 5. The Morgan fingerprint density at radius 3 is 2.14 bits per heavy atom. The summed E-state index contributed by atoms with van der Waals surface area (Å²) in [6.07, 6.45) is 1.72. The van der Waals surface area contributed by atoms with E-state index in [0.29, 0.717) is 51.0 Å². The fourth-order valence-electron chi connectivity index (χ4n) is 7.30. The third-order valence-corrected chi connectivity index (χ3v) is 10.5. The van der Waals surface area contributed by atoms with Crippen molar-refractivity contribution >= 4 is 35.6 Å². The highest BCUT2D eigenvalue weighted by Crippen LogP contribution is 2.40. The van der Waals surface area contributed by atoms with E-state index in [1.807, 2.05) is 30.3 Å². The highest BCUT2D eigenvalue weighted by molar-refractivity contribution is 6.00. The number of carbonyl (C=O) groups is 5. The Bertz CT molecular complexity index is 2390. The summed E-state index contributed by atoms with van der Waals surface area (Å²) in [5.74, 6) is -2.19. The van der Waals surface area contributed by atoms with Crippen LogP contribution in [0.2, 0.25) is 0 Å². The first-order valence-corrected chi connectivity index (χ1v) is 20.8. The van der Waals surface area contributed by atoms with E-state index in [-0.39, 0.29) is 57.8 Å². The molecule has 10 N–H and O–H groups in total. The van der Waals surface area contributed by atoms with Gasteiger partial charge in [0.15, 0.2) is 5.82 Å². The second kappa shape index (κ2) is 22.2. The number of aromatic nitrogens is 2. The average Bonchev–Trinajstić information content (AvgIpc) is 3.28. The topological polar surface area (TPSA) is 283 Å². The molecule has 0 spiro atoms. The van der Waals surface area contributed by atoms with Gasteiger partial charge < -0.3 is 52.8 Å². The maximum Gasteiger partial charge on any atom is 0.255 e. The molecule has 64 heavy (non-hydrogen) atoms. The Labute approximate surface area is 372 Å². The number of nitrogens with two attached hydrogens (primary N) is 3. The van der Waals surface area contributed by atoms with Gasteiger partial charge in [0.05, 0.1) is 23.0 Å². The Morgan fingerprint density at radius 1 is 0.922 bits per heavy atom. The average molecular weight is 874 g/mol. The standard InChI is InChI=1S/C46H55N11O7/c1-6-29-7-10-31(11-8-29)41-52-26(2)39(27(3)53-41)44(60)55-35(15-16-47)46(62)57(5)40-32-12-14-38(64-22-19-50)34(25-32)33-23-30(9-13-37(33)63-21-18-49)24-36(43(59)51-20-17-48)56-42(58)28(4)54-45(40)61/h6-14,23,25,28,35-36,40H,1,15-16,18-22,24,47,49-50H2,2-5H3,(H,51,59)(H,54,61)(H,55,60)(H,56,58). The van der Waals surface area contributed by atoms with Gasteiger partial charge in [0, 0.05) is 43.2 Å². The van der Waals surface area contributed by atoms with E-state index in [1.54, 1.807) is 56.3 Å². The van der Waals surface area contributed by atoms with E-state index < -0.39 is 53.7 Å². The monoisotopic (exact) mass is 873 g/mol. The Balaban J connectivity index is 1.58. The van der Waals surface area contributed by atoms with Crippen molar-refractivity contribution in [3.05, 3.63) is 101 Å². The summed E-state index contributed by atoms with van der Waals surface area (Å²) in [6, 6.07) is 14.5. The molecule has 0 saturated heterocycles. The molecular formula is C46H55N11O7. The van der Waals surface area contributed by atoms with Crippen LogP contribution < -0.4 is 47.9 Å². The van der Waals surface area contributed by atoms with Crippen LogP contribution in [0.3, 0.4) is 0 Å². The molecule has 1 aromatic heterocycles. The summed E-state index contributed by atoms with van der Waals surface area (Å²) in [7, 11) is 1.41. The molecule has 4 unspecified atom stereocenters. The van der Waals surface area contributed by atoms with Crippen LogP contribution >= 0.6 is 0 Å². The third-order valence-electron chi connectivity index (χ3n) is 10.5. The molecule has 5 rings (SSSR count). The molecule has 5 amide bonds. The number of hydrogen-bond donors (Lipinski definition) is 7. The molecule has 1 aliphatic rings. The third kappa shape index (κ3) is 11.4. The number of fused-ring (bicyclic) bond motifs is 5. The minimum absolute atomic E-state index is 0.000157. The molecule has 1 aliphatic heterocycles. The van der Waals surface area contributed by atoms with Crippen molar-refractivity contribution in [2.75, 3.05) is 46.4 Å². The minimum atomic E-state index is -1.41. The summed E-state index contributed by atoms with van der Waals surface area (Å²) < 4.78 is 12.2. The predicted octanol–water partition coefficient (Wildman–Crippen LogP) is 1.58. The molecule has 0 saturated carbocycles. The zero-order chi connectivity index (χ0) is 46.5. The van der Waals surface area contributed by atoms with Crippen molar-refractivity contribution < 1.29 is 33.4 Å². The first kappa shape index (κ1) is 47.8. The highest BCUT2D eigenvalue weighted by atomic mass is 16.5. The number of nitriles is 1. The highest BCUT2D eigenvalue weighted by Gasteiger charge is 2.36. The Morgan fingerprint density at radius 2 is 1.55 bits per heavy atom. The second-order valence-electron chi connectivity index (χ2n) is 15.1. The number of nitrogens with zero attached hydrogens (tertiary/aromatic N) is 4. The van der Waals surface area contributed by atoms with Crippen molar-refractivity contribution in [3.8, 4) is 40.1 Å². The zero-order valence-electron chi connectivity index (χ0n) is 36.4. The SMILES string of the molecule is C=Cc1ccc(-c2nc(C)c(C(=O)NC(CCN)C(=O)N(C)C3C(=O)NC(C)C(=O)NC(C(=O)NCC#N)Cc4ccc(OCCN)c(c4)-c4cc3ccc4OCCN)c(C)n2)cc1. The first-order chi connectivity index (χ1) is 30.7. The molecule has 0 fully saturated rings. The van der Waals surface area contributed by atoms with E-state index in [9.17, 15) is 24.0 Å². The summed E-state index contributed by atoms with van der Waals surface area (Å²) in [5, 5.41) is 19.9. The lowest BCUT2D eigenvalue weighted by atomic mass is 9.93. The smallest absolute Gasteiger partial charge is 0.255 e. The van der Waals surface area contributed by atoms with Gasteiger partial charge in [0.2, 0.25) is 23.6 Å². The van der Waals surface area contributed by atoms with Crippen molar-refractivity contribution in [1.82, 2.24) is 36.1 Å². The first-order valence-electron chi connectivity index (χ1n) is 20.8. The molecule has 336 valence electrons. The van der Waals surface area contributed by atoms with Gasteiger partial charge in [0.25, 0.3) is 5.91 Å². The van der Waals surface area contributed by atoms with Crippen LogP contribution in [0.4, 0.5) is 0 Å². The number of nitrogens with one attached hydrogen (secondary N) is 4. The molecule has 2 heterocycles. The summed E-state index contributed by atoms with van der Waals surface area (Å²) in [5.41, 5.74) is 22.1. The molecule has 4 aromatic rings. The molecule has 18 heteroatoms. The number of benzene rings is 3. The van der Waals surface area contributed by atoms with Crippen LogP contribution in [0.5, 0.6) is 11.5 Å². The molecule has 3 aromatic carbocycles. The van der Waals surface area contributed by atoms with Crippen molar-refractivity contribution in [3.63, 3.8) is 0 Å². The van der Waals surface area contributed by atoms with Crippen molar-refractivity contribution in [2.24, 2.45) is 17.2 Å². The van der Waals surface area contributed by atoms with Crippen LogP contribution in [0, 0.1) is 25.2 Å². The normalized spacial score (nSPS) is 16.4. The summed E-state index contributed by atoms with van der Waals surface area (Å²) in [6.45, 7) is 8.92. The Kier molecular flexibility index (Phi) is 16.6. The maximum absolute atomic E-state index is 14.7. The maximum atomic E-state index is 14.7. The number of likely N-dealkylation sites (N-methyl/N-ethyl adjacent to an activating group) is 1. The van der Waals surface area contributed by atoms with Crippen LogP contribution in [-0.2, 0) is 25.6 Å². The van der Waals surface area contributed by atoms with Gasteiger partial charge >= 0.3 is 0 Å². The zero-order valence-corrected chi connectivity index (χ0v) is 36.4. The summed E-state index contributed by atoms with van der Waals surface area (Å²) in [4.78, 5) is 80.7. The van der Waals surface area contributed by atoms with Crippen LogP contribution in [0.25, 0.3) is 28.6 Å². The van der Waals surface area contributed by atoms with E-state index in [4.69, 9.17) is 31.9 Å². The summed E-state index contributed by atoms with van der Waals surface area (Å²) >= 11 is 0. The quantitative estimate of drug-likeness (QED) is 0.0789. The van der Waals surface area contributed by atoms with E-state index in [2.05, 4.69) is 37.8 Å². The number of aryl methyl sites for hydroxylation is 2. The van der Waals surface area contributed by atoms with Gasteiger partial charge in [0.1, 0.15) is 55.4 Å². The predicted molar refractivity (Wildman–Crippen MR) is 240 cm³/mol. The lowest BCUT2D eigenvalue weighted by Gasteiger charge is -2.32. The van der Waals surface area contributed by atoms with Crippen LogP contribution in [-0.4, -0.2) is 109 Å². The van der Waals surface area contributed by atoms with E-state index in [0.717, 1.165) is 11.1 Å². The van der Waals surface area contributed by atoms with Gasteiger partial charge in [-0.3, -0.25) is 24.0 Å². The van der Waals surface area contributed by atoms with Crippen LogP contribution in [0.15, 0.2) is 67.2 Å². The minimum Gasteiger partial charge on any atom is -0.492 e. The van der Waals surface area contributed by atoms with Crippen LogP contribution in [0.1, 0.15) is 57.8 Å². The van der Waals surface area contributed by atoms with Gasteiger partial charge in [-0.15, -0.1) is 0 Å². The number of ether oxygens (including phenoxy) is 2. The van der Waals surface area contributed by atoms with Gasteiger partial charge in [-0.2, -0.15) is 5.26 Å². The lowest BCUT2D eigenvalue weighted by molar-refractivity contribution is -0.141. The number of rotatable bonds is 16. The van der Waals surface area contributed by atoms with E-state index >= 15 is 0 Å². The largest absolute Gasteiger partial charge is 0.492 e. The van der Waals surface area contributed by atoms with Crippen molar-refractivity contribution in [2.45, 2.75) is 57.8 Å². The lowest BCUT2D eigenvalue weighted by Crippen LogP contribution is -2.56. The fourth-order valence-corrected chi connectivity index (χ4v) is 7.30. The number of hydrogen-bond acceptors (Lipinski definition) is 13. The van der Waals surface area contributed by atoms with E-state index in [1.165, 1.54) is 18.9 Å². The second-order valence-corrected chi connectivity index (χ2v) is 15.1. The van der Waals surface area contributed by atoms with Crippen molar-refractivity contribution in [1.29, 1.82) is 5.26 Å². The van der Waals surface area contributed by atoms with Gasteiger partial charge in [-0.25, -0.2) is 9.97 Å². The molecule has 0 radical (unpaired) electrons.